The van der Waals surface area contributed by atoms with Gasteiger partial charge in [0.05, 0.1) is 15.2 Å². The van der Waals surface area contributed by atoms with E-state index in [0.29, 0.717) is 26.7 Å². The zero-order valence-electron chi connectivity index (χ0n) is 16.6. The normalized spacial score (nSPS) is 10.7. The van der Waals surface area contributed by atoms with Crippen molar-refractivity contribution in [3.63, 3.8) is 0 Å². The Morgan fingerprint density at radius 2 is 1.97 bits per heavy atom. The molecule has 2 heterocycles. The smallest absolute Gasteiger partial charge is 0.276 e. The van der Waals surface area contributed by atoms with E-state index in [-0.39, 0.29) is 18.1 Å². The first-order chi connectivity index (χ1) is 15.4. The monoisotopic (exact) mass is 489 g/mol. The van der Waals surface area contributed by atoms with Crippen LogP contribution in [-0.4, -0.2) is 27.5 Å². The van der Waals surface area contributed by atoms with Crippen LogP contribution in [0.25, 0.3) is 10.2 Å². The summed E-state index contributed by atoms with van der Waals surface area (Å²) in [4.78, 5) is 24.8. The van der Waals surface area contributed by atoms with Gasteiger partial charge in [0, 0.05) is 5.02 Å². The highest BCUT2D eigenvalue weighted by molar-refractivity contribution is 7.22. The Morgan fingerprint density at radius 3 is 2.78 bits per heavy atom. The summed E-state index contributed by atoms with van der Waals surface area (Å²) in [5.41, 5.74) is 13.5. The number of aryl methyl sites for hydroxylation is 1. The Labute approximate surface area is 196 Å². The molecule has 0 aliphatic carbocycles. The van der Waals surface area contributed by atoms with Crippen molar-refractivity contribution in [2.24, 2.45) is 0 Å². The van der Waals surface area contributed by atoms with Crippen molar-refractivity contribution in [2.75, 3.05) is 23.1 Å². The fourth-order valence-electron chi connectivity index (χ4n) is 2.68. The van der Waals surface area contributed by atoms with Crippen molar-refractivity contribution in [1.82, 2.24) is 20.4 Å². The molecule has 4 aromatic rings. The van der Waals surface area contributed by atoms with E-state index < -0.39 is 5.91 Å². The number of anilines is 4. The minimum Gasteiger partial charge on any atom is -0.482 e. The van der Waals surface area contributed by atoms with Gasteiger partial charge in [0.1, 0.15) is 17.8 Å². The van der Waals surface area contributed by atoms with E-state index in [9.17, 15) is 4.79 Å². The SMILES string of the molecule is Cc1ccc2nc(Nc3ncnc(NNC(=O)COc4ccc(Cl)cc4Cl)c3N)sc2c1. The van der Waals surface area contributed by atoms with Crippen molar-refractivity contribution in [1.29, 1.82) is 0 Å². The van der Waals surface area contributed by atoms with Crippen molar-refractivity contribution < 1.29 is 9.53 Å². The molecule has 0 spiro atoms. The molecule has 0 atom stereocenters. The lowest BCUT2D eigenvalue weighted by molar-refractivity contribution is -0.122. The number of thiazole rings is 1. The number of nitrogens with two attached hydrogens (primary N) is 1. The summed E-state index contributed by atoms with van der Waals surface area (Å²) in [6.07, 6.45) is 1.31. The van der Waals surface area contributed by atoms with E-state index in [4.69, 9.17) is 33.7 Å². The first-order valence-electron chi connectivity index (χ1n) is 9.26. The molecule has 5 N–H and O–H groups in total. The number of hydrogen-bond donors (Lipinski definition) is 4. The van der Waals surface area contributed by atoms with Crippen LogP contribution in [0.15, 0.2) is 42.7 Å². The minimum absolute atomic E-state index is 0.213. The molecule has 0 aliphatic rings. The maximum atomic E-state index is 12.1. The summed E-state index contributed by atoms with van der Waals surface area (Å²) >= 11 is 13.3. The van der Waals surface area contributed by atoms with Gasteiger partial charge in [-0.15, -0.1) is 0 Å². The fourth-order valence-corrected chi connectivity index (χ4v) is 4.11. The Bertz CT molecular complexity index is 1300. The number of fused-ring (bicyclic) bond motifs is 1. The topological polar surface area (TPSA) is 127 Å². The van der Waals surface area contributed by atoms with Crippen LogP contribution in [-0.2, 0) is 4.79 Å². The summed E-state index contributed by atoms with van der Waals surface area (Å²) in [7, 11) is 0. The number of rotatable bonds is 7. The van der Waals surface area contributed by atoms with Crippen molar-refractivity contribution in [2.45, 2.75) is 6.92 Å². The quantitative estimate of drug-likeness (QED) is 0.278. The molecular formula is C20H17Cl2N7O2S. The molecule has 4 rings (SSSR count). The van der Waals surface area contributed by atoms with Gasteiger partial charge >= 0.3 is 0 Å². The molecule has 2 aromatic heterocycles. The van der Waals surface area contributed by atoms with Crippen LogP contribution in [0.1, 0.15) is 5.56 Å². The molecule has 0 bridgehead atoms. The summed E-state index contributed by atoms with van der Waals surface area (Å²) < 4.78 is 6.43. The van der Waals surface area contributed by atoms with Gasteiger partial charge in [-0.05, 0) is 42.8 Å². The lowest BCUT2D eigenvalue weighted by Gasteiger charge is -2.13. The number of amides is 1. The van der Waals surface area contributed by atoms with Gasteiger partial charge in [0.15, 0.2) is 23.4 Å². The lowest BCUT2D eigenvalue weighted by atomic mass is 10.2. The maximum Gasteiger partial charge on any atom is 0.276 e. The van der Waals surface area contributed by atoms with Crippen LogP contribution < -0.4 is 26.6 Å². The molecule has 0 fully saturated rings. The van der Waals surface area contributed by atoms with Crippen LogP contribution >= 0.6 is 34.5 Å². The van der Waals surface area contributed by atoms with Gasteiger partial charge in [-0.2, -0.15) is 0 Å². The van der Waals surface area contributed by atoms with Crippen molar-refractivity contribution in [3.05, 3.63) is 58.3 Å². The second-order valence-electron chi connectivity index (χ2n) is 6.64. The third-order valence-corrected chi connectivity index (χ3v) is 5.69. The Balaban J connectivity index is 1.38. The number of benzene rings is 2. The number of ether oxygens (including phenoxy) is 1. The summed E-state index contributed by atoms with van der Waals surface area (Å²) in [5, 5.41) is 4.51. The molecule has 164 valence electrons. The molecule has 0 unspecified atom stereocenters. The highest BCUT2D eigenvalue weighted by Gasteiger charge is 2.12. The number of carbonyl (C=O) groups is 1. The molecule has 0 aliphatic heterocycles. The average molecular weight is 490 g/mol. The van der Waals surface area contributed by atoms with E-state index in [1.165, 1.54) is 23.7 Å². The zero-order chi connectivity index (χ0) is 22.7. The Hall–Kier alpha value is -3.34. The van der Waals surface area contributed by atoms with E-state index in [0.717, 1.165) is 15.8 Å². The van der Waals surface area contributed by atoms with E-state index >= 15 is 0 Å². The number of aromatic nitrogens is 3. The molecule has 0 saturated carbocycles. The van der Waals surface area contributed by atoms with Gasteiger partial charge in [-0.3, -0.25) is 15.6 Å². The van der Waals surface area contributed by atoms with Gasteiger partial charge in [-0.25, -0.2) is 15.0 Å². The predicted octanol–water partition coefficient (Wildman–Crippen LogP) is 4.55. The number of hydrazine groups is 1. The number of halogens is 2. The summed E-state index contributed by atoms with van der Waals surface area (Å²) in [5.74, 6) is 0.449. The first kappa shape index (κ1) is 21.9. The highest BCUT2D eigenvalue weighted by Crippen LogP contribution is 2.31. The maximum absolute atomic E-state index is 12.1. The Morgan fingerprint density at radius 1 is 1.16 bits per heavy atom. The average Bonchev–Trinajstić information content (AvgIpc) is 3.15. The highest BCUT2D eigenvalue weighted by atomic mass is 35.5. The lowest BCUT2D eigenvalue weighted by Crippen LogP contribution is -2.34. The van der Waals surface area contributed by atoms with Crippen LogP contribution in [0.4, 0.5) is 22.5 Å². The number of hydrogen-bond acceptors (Lipinski definition) is 9. The van der Waals surface area contributed by atoms with Crippen molar-refractivity contribution in [3.8, 4) is 5.75 Å². The fraction of sp³-hybridized carbons (Fsp3) is 0.100. The minimum atomic E-state index is -0.468. The second kappa shape index (κ2) is 9.43. The van der Waals surface area contributed by atoms with Gasteiger partial charge in [0.25, 0.3) is 5.91 Å². The van der Waals surface area contributed by atoms with Gasteiger partial charge < -0.3 is 15.8 Å². The number of nitrogens with zero attached hydrogens (tertiary/aromatic N) is 3. The predicted molar refractivity (Wildman–Crippen MR) is 128 cm³/mol. The summed E-state index contributed by atoms with van der Waals surface area (Å²) in [6, 6.07) is 10.7. The Kier molecular flexibility index (Phi) is 6.45. The van der Waals surface area contributed by atoms with Crippen molar-refractivity contribution >= 4 is 73.1 Å². The molecule has 2 aromatic carbocycles. The van der Waals surface area contributed by atoms with Crippen LogP contribution in [0.5, 0.6) is 5.75 Å². The van der Waals surface area contributed by atoms with E-state index in [1.54, 1.807) is 12.1 Å². The molecule has 9 nitrogen and oxygen atoms in total. The van der Waals surface area contributed by atoms with Gasteiger partial charge in [0.2, 0.25) is 0 Å². The van der Waals surface area contributed by atoms with E-state index in [1.807, 2.05) is 19.1 Å². The third-order valence-electron chi connectivity index (χ3n) is 4.23. The molecule has 32 heavy (non-hydrogen) atoms. The number of carbonyl (C=O) groups excluding carboxylic acids is 1. The summed E-state index contributed by atoms with van der Waals surface area (Å²) in [6.45, 7) is 1.74. The molecule has 0 saturated heterocycles. The molecule has 0 radical (unpaired) electrons. The number of nitrogen functional groups attached to an aromatic ring is 1. The third kappa shape index (κ3) is 5.10. The number of nitrogens with one attached hydrogen (secondary N) is 3. The standard InChI is InChI=1S/C20H17Cl2N7O2S/c1-10-2-4-13-15(6-10)32-20(26-13)27-18-17(23)19(25-9-24-18)29-28-16(30)8-31-14-5-3-11(21)7-12(14)22/h2-7,9H,8,23H2,1H3,(H,28,30)(H2,24,25,26,27,29). The first-order valence-corrected chi connectivity index (χ1v) is 10.8. The zero-order valence-corrected chi connectivity index (χ0v) is 19.0. The second-order valence-corrected chi connectivity index (χ2v) is 8.51. The molecular weight excluding hydrogens is 473 g/mol. The molecule has 1 amide bonds. The van der Waals surface area contributed by atoms with Gasteiger partial charge in [-0.1, -0.05) is 40.6 Å². The largest absolute Gasteiger partial charge is 0.482 e. The molecule has 12 heteroatoms. The van der Waals surface area contributed by atoms with Crippen LogP contribution in [0, 0.1) is 6.92 Å². The van der Waals surface area contributed by atoms with Crippen LogP contribution in [0.3, 0.4) is 0 Å². The van der Waals surface area contributed by atoms with E-state index in [2.05, 4.69) is 37.2 Å². The van der Waals surface area contributed by atoms with Crippen LogP contribution in [0.2, 0.25) is 10.0 Å².